The zero-order valence-electron chi connectivity index (χ0n) is 13.4. The molecular formula is C17H27FN2O. The number of halogens is 1. The van der Waals surface area contributed by atoms with Crippen molar-refractivity contribution in [2.24, 2.45) is 11.1 Å². The largest absolute Gasteiger partial charge is 0.493 e. The van der Waals surface area contributed by atoms with E-state index in [1.165, 1.54) is 6.07 Å². The van der Waals surface area contributed by atoms with Crippen molar-refractivity contribution in [1.29, 1.82) is 0 Å². The smallest absolute Gasteiger partial charge is 0.150 e. The van der Waals surface area contributed by atoms with Crippen LogP contribution in [0, 0.1) is 11.2 Å². The van der Waals surface area contributed by atoms with Gasteiger partial charge in [-0.1, -0.05) is 20.8 Å². The van der Waals surface area contributed by atoms with Crippen LogP contribution in [0.5, 0.6) is 5.75 Å². The predicted octanol–water partition coefficient (Wildman–Crippen LogP) is 3.57. The van der Waals surface area contributed by atoms with E-state index in [0.717, 1.165) is 32.4 Å². The maximum atomic E-state index is 14.2. The average molecular weight is 294 g/mol. The fraction of sp³-hybridized carbons (Fsp3) is 0.647. The Morgan fingerprint density at radius 2 is 1.95 bits per heavy atom. The Morgan fingerprint density at radius 1 is 1.29 bits per heavy atom. The van der Waals surface area contributed by atoms with Crippen LogP contribution < -0.4 is 15.4 Å². The first-order chi connectivity index (χ1) is 9.85. The molecule has 1 aliphatic heterocycles. The minimum absolute atomic E-state index is 0.210. The van der Waals surface area contributed by atoms with E-state index in [1.807, 2.05) is 12.1 Å². The van der Waals surface area contributed by atoms with Crippen LogP contribution in [0.4, 0.5) is 10.1 Å². The van der Waals surface area contributed by atoms with E-state index < -0.39 is 0 Å². The molecule has 2 N–H and O–H groups in total. The lowest BCUT2D eigenvalue weighted by atomic mass is 9.93. The molecule has 0 spiro atoms. The van der Waals surface area contributed by atoms with Crippen LogP contribution in [-0.4, -0.2) is 25.7 Å². The Bertz CT molecular complexity index is 462. The van der Waals surface area contributed by atoms with Crippen molar-refractivity contribution >= 4 is 5.69 Å². The summed E-state index contributed by atoms with van der Waals surface area (Å²) in [4.78, 5) is 2.07. The molecule has 1 fully saturated rings. The fourth-order valence-electron chi connectivity index (χ4n) is 2.45. The van der Waals surface area contributed by atoms with Gasteiger partial charge in [-0.15, -0.1) is 0 Å². The Labute approximate surface area is 127 Å². The number of hydrogen-bond acceptors (Lipinski definition) is 3. The van der Waals surface area contributed by atoms with Crippen LogP contribution in [0.1, 0.15) is 40.0 Å². The SMILES string of the molecule is CC(C)(C)CCOc1ccc(N2CCC(N)CC2)c(F)c1. The van der Waals surface area contributed by atoms with Gasteiger partial charge in [-0.05, 0) is 36.8 Å². The number of rotatable bonds is 4. The molecular weight excluding hydrogens is 267 g/mol. The first kappa shape index (κ1) is 16.1. The maximum absolute atomic E-state index is 14.2. The van der Waals surface area contributed by atoms with Gasteiger partial charge in [0, 0.05) is 25.2 Å². The Morgan fingerprint density at radius 3 is 2.52 bits per heavy atom. The van der Waals surface area contributed by atoms with Gasteiger partial charge in [-0.2, -0.15) is 0 Å². The minimum Gasteiger partial charge on any atom is -0.493 e. The molecule has 0 atom stereocenters. The number of benzene rings is 1. The van der Waals surface area contributed by atoms with Crippen LogP contribution in [-0.2, 0) is 0 Å². The van der Waals surface area contributed by atoms with Crippen molar-refractivity contribution in [3.63, 3.8) is 0 Å². The molecule has 1 heterocycles. The second-order valence-corrected chi connectivity index (χ2v) is 7.10. The third kappa shape index (κ3) is 4.88. The van der Waals surface area contributed by atoms with E-state index in [9.17, 15) is 4.39 Å². The highest BCUT2D eigenvalue weighted by Gasteiger charge is 2.19. The van der Waals surface area contributed by atoms with Crippen LogP contribution in [0.2, 0.25) is 0 Å². The number of nitrogens with zero attached hydrogens (tertiary/aromatic N) is 1. The molecule has 21 heavy (non-hydrogen) atoms. The zero-order chi connectivity index (χ0) is 15.5. The summed E-state index contributed by atoms with van der Waals surface area (Å²) in [6.07, 6.45) is 2.78. The summed E-state index contributed by atoms with van der Waals surface area (Å²) in [7, 11) is 0. The third-order valence-corrected chi connectivity index (χ3v) is 3.92. The molecule has 118 valence electrons. The van der Waals surface area contributed by atoms with Crippen LogP contribution in [0.25, 0.3) is 0 Å². The number of hydrogen-bond donors (Lipinski definition) is 1. The van der Waals surface area contributed by atoms with Gasteiger partial charge < -0.3 is 15.4 Å². The molecule has 0 bridgehead atoms. The highest BCUT2D eigenvalue weighted by atomic mass is 19.1. The molecule has 0 saturated carbocycles. The van der Waals surface area contributed by atoms with Gasteiger partial charge in [0.05, 0.1) is 12.3 Å². The van der Waals surface area contributed by atoms with Gasteiger partial charge in [0.2, 0.25) is 0 Å². The number of nitrogens with two attached hydrogens (primary N) is 1. The molecule has 0 amide bonds. The first-order valence-electron chi connectivity index (χ1n) is 7.78. The standard InChI is InChI=1S/C17H27FN2O/c1-17(2,3)8-11-21-14-4-5-16(15(18)12-14)20-9-6-13(19)7-10-20/h4-5,12-13H,6-11,19H2,1-3H3. The molecule has 1 aromatic carbocycles. The number of ether oxygens (including phenoxy) is 1. The summed E-state index contributed by atoms with van der Waals surface area (Å²) in [5.41, 5.74) is 6.77. The number of anilines is 1. The van der Waals surface area contributed by atoms with Crippen LogP contribution in [0.15, 0.2) is 18.2 Å². The van der Waals surface area contributed by atoms with E-state index >= 15 is 0 Å². The van der Waals surface area contributed by atoms with E-state index in [-0.39, 0.29) is 17.3 Å². The van der Waals surface area contributed by atoms with Gasteiger partial charge >= 0.3 is 0 Å². The lowest BCUT2D eigenvalue weighted by Crippen LogP contribution is -2.40. The van der Waals surface area contributed by atoms with E-state index in [1.54, 1.807) is 0 Å². The summed E-state index contributed by atoms with van der Waals surface area (Å²) in [6, 6.07) is 5.42. The minimum atomic E-state index is -0.210. The van der Waals surface area contributed by atoms with Crippen LogP contribution in [0.3, 0.4) is 0 Å². The van der Waals surface area contributed by atoms with Gasteiger partial charge in [0.15, 0.2) is 0 Å². The lowest BCUT2D eigenvalue weighted by Gasteiger charge is -2.32. The average Bonchev–Trinajstić information content (AvgIpc) is 2.39. The van der Waals surface area contributed by atoms with Gasteiger partial charge in [-0.25, -0.2) is 4.39 Å². The zero-order valence-corrected chi connectivity index (χ0v) is 13.4. The molecule has 0 aliphatic carbocycles. The molecule has 1 aliphatic rings. The van der Waals surface area contributed by atoms with E-state index in [4.69, 9.17) is 10.5 Å². The van der Waals surface area contributed by atoms with Crippen molar-refractivity contribution in [1.82, 2.24) is 0 Å². The van der Waals surface area contributed by atoms with E-state index in [2.05, 4.69) is 25.7 Å². The summed E-state index contributed by atoms with van der Waals surface area (Å²) >= 11 is 0. The quantitative estimate of drug-likeness (QED) is 0.922. The van der Waals surface area contributed by atoms with Gasteiger partial charge in [0.25, 0.3) is 0 Å². The predicted molar refractivity (Wildman–Crippen MR) is 85.4 cm³/mol. The Balaban J connectivity index is 1.94. The third-order valence-electron chi connectivity index (χ3n) is 3.92. The molecule has 4 heteroatoms. The van der Waals surface area contributed by atoms with Crippen molar-refractivity contribution in [3.05, 3.63) is 24.0 Å². The second-order valence-electron chi connectivity index (χ2n) is 7.10. The maximum Gasteiger partial charge on any atom is 0.150 e. The first-order valence-corrected chi connectivity index (χ1v) is 7.78. The Hall–Kier alpha value is -1.29. The fourth-order valence-corrected chi connectivity index (χ4v) is 2.45. The van der Waals surface area contributed by atoms with Gasteiger partial charge in [0.1, 0.15) is 11.6 Å². The monoisotopic (exact) mass is 294 g/mol. The van der Waals surface area contributed by atoms with Crippen molar-refractivity contribution in [3.8, 4) is 5.75 Å². The van der Waals surface area contributed by atoms with Gasteiger partial charge in [-0.3, -0.25) is 0 Å². The molecule has 0 radical (unpaired) electrons. The van der Waals surface area contributed by atoms with Crippen molar-refractivity contribution in [2.75, 3.05) is 24.6 Å². The summed E-state index contributed by atoms with van der Waals surface area (Å²) < 4.78 is 19.9. The normalized spacial score (nSPS) is 17.1. The molecule has 2 rings (SSSR count). The van der Waals surface area contributed by atoms with Crippen molar-refractivity contribution in [2.45, 2.75) is 46.1 Å². The summed E-state index contributed by atoms with van der Waals surface area (Å²) in [5, 5.41) is 0. The molecule has 1 aromatic rings. The summed E-state index contributed by atoms with van der Waals surface area (Å²) in [5.74, 6) is 0.396. The molecule has 3 nitrogen and oxygen atoms in total. The van der Waals surface area contributed by atoms with Crippen LogP contribution >= 0.6 is 0 Å². The topological polar surface area (TPSA) is 38.5 Å². The molecule has 1 saturated heterocycles. The number of piperidine rings is 1. The second kappa shape index (κ2) is 6.65. The highest BCUT2D eigenvalue weighted by Crippen LogP contribution is 2.27. The Kier molecular flexibility index (Phi) is 5.09. The van der Waals surface area contributed by atoms with E-state index in [0.29, 0.717) is 18.0 Å². The molecule has 0 unspecified atom stereocenters. The molecule has 0 aromatic heterocycles. The lowest BCUT2D eigenvalue weighted by molar-refractivity contribution is 0.242. The highest BCUT2D eigenvalue weighted by molar-refractivity contribution is 5.51. The van der Waals surface area contributed by atoms with Crippen molar-refractivity contribution < 1.29 is 9.13 Å². The summed E-state index contributed by atoms with van der Waals surface area (Å²) in [6.45, 7) is 8.76.